The summed E-state index contributed by atoms with van der Waals surface area (Å²) >= 11 is 6.86. The van der Waals surface area contributed by atoms with E-state index in [1.165, 1.54) is 11.0 Å². The van der Waals surface area contributed by atoms with Crippen LogP contribution in [0.1, 0.15) is 63.4 Å². The largest absolute Gasteiger partial charge is 0.444 e. The van der Waals surface area contributed by atoms with Crippen LogP contribution in [0.25, 0.3) is 0 Å². The Morgan fingerprint density at radius 1 is 1.19 bits per heavy atom. The summed E-state index contributed by atoms with van der Waals surface area (Å²) in [4.78, 5) is 40.1. The summed E-state index contributed by atoms with van der Waals surface area (Å²) in [6.07, 6.45) is 3.84. The number of carbonyl (C=O) groups excluding carboxylic acids is 2. The van der Waals surface area contributed by atoms with Gasteiger partial charge in [0.1, 0.15) is 23.1 Å². The van der Waals surface area contributed by atoms with Gasteiger partial charge in [-0.3, -0.25) is 19.7 Å². The molecule has 11 heteroatoms. The Morgan fingerprint density at radius 3 is 2.42 bits per heavy atom. The highest BCUT2D eigenvalue weighted by molar-refractivity contribution is 6.31. The first-order valence-corrected chi connectivity index (χ1v) is 14.8. The number of nitrogens with one attached hydrogen (secondary N) is 1. The molecule has 0 radical (unpaired) electrons. The minimum atomic E-state index is -0.745. The van der Waals surface area contributed by atoms with Gasteiger partial charge in [0.05, 0.1) is 23.0 Å². The van der Waals surface area contributed by atoms with Crippen LogP contribution in [0.2, 0.25) is 0 Å². The number of amides is 2. The number of nitrogens with zero attached hydrogens (tertiary/aromatic N) is 5. The van der Waals surface area contributed by atoms with Crippen LogP contribution in [0.3, 0.4) is 0 Å². The Kier molecular flexibility index (Phi) is 9.79. The van der Waals surface area contributed by atoms with E-state index >= 15 is 4.39 Å². The van der Waals surface area contributed by atoms with Crippen LogP contribution >= 0.6 is 11.6 Å². The van der Waals surface area contributed by atoms with Crippen molar-refractivity contribution in [3.8, 4) is 0 Å². The van der Waals surface area contributed by atoms with E-state index in [-0.39, 0.29) is 12.0 Å². The number of pyridine rings is 1. The SMILES string of the molecule is CN=C(C1=C(N(C=O)c2c(C)ccnc2C(C)C)NC(c2ccccc2F)C(Cl)=C1)N1CCN(C(=O)OC(C)(C)C)CC1. The van der Waals surface area contributed by atoms with E-state index in [0.29, 0.717) is 59.7 Å². The number of rotatable bonds is 6. The maximum Gasteiger partial charge on any atom is 0.410 e. The van der Waals surface area contributed by atoms with Gasteiger partial charge in [-0.05, 0) is 57.4 Å². The average Bonchev–Trinajstić information content (AvgIpc) is 2.95. The Balaban J connectivity index is 1.79. The van der Waals surface area contributed by atoms with E-state index in [0.717, 1.165) is 17.7 Å². The molecule has 43 heavy (non-hydrogen) atoms. The summed E-state index contributed by atoms with van der Waals surface area (Å²) in [6.45, 7) is 13.3. The maximum atomic E-state index is 15.0. The summed E-state index contributed by atoms with van der Waals surface area (Å²) in [6, 6.07) is 7.51. The number of hydrogen-bond acceptors (Lipinski definition) is 6. The summed E-state index contributed by atoms with van der Waals surface area (Å²) < 4.78 is 20.6. The van der Waals surface area contributed by atoms with Crippen LogP contribution in [-0.2, 0) is 9.53 Å². The Bertz CT molecular complexity index is 1460. The number of carbonyl (C=O) groups is 2. The minimum absolute atomic E-state index is 0.0201. The number of aromatic nitrogens is 1. The zero-order chi connectivity index (χ0) is 31.5. The molecule has 0 spiro atoms. The van der Waals surface area contributed by atoms with Gasteiger partial charge in [0.2, 0.25) is 6.41 Å². The standard InChI is InChI=1S/C32H40ClFN6O3/c1-20(2)26-28(21(3)12-13-36-26)40(19-41)30-23(18-24(33)27(37-30)22-10-8-9-11-25(22)34)29(35-7)38-14-16-39(17-15-38)31(42)43-32(4,5)6/h8-13,18-20,27,37H,14-17H2,1-7H3. The lowest BCUT2D eigenvalue weighted by Crippen LogP contribution is -2.52. The van der Waals surface area contributed by atoms with Crippen LogP contribution in [-0.4, -0.2) is 72.0 Å². The third kappa shape index (κ3) is 7.01. The summed E-state index contributed by atoms with van der Waals surface area (Å²) in [5.74, 6) is 0.582. The predicted molar refractivity (Wildman–Crippen MR) is 168 cm³/mol. The molecule has 2 amide bonds. The molecule has 2 aliphatic heterocycles. The lowest BCUT2D eigenvalue weighted by Gasteiger charge is -2.39. The number of aliphatic imine (C=N–C) groups is 1. The van der Waals surface area contributed by atoms with Crippen LogP contribution < -0.4 is 10.2 Å². The Labute approximate surface area is 258 Å². The Hall–Kier alpha value is -3.92. The molecule has 230 valence electrons. The molecule has 2 aromatic rings. The van der Waals surface area contributed by atoms with Gasteiger partial charge in [-0.25, -0.2) is 9.18 Å². The number of halogens is 2. The van der Waals surface area contributed by atoms with Crippen molar-refractivity contribution < 1.29 is 18.7 Å². The molecule has 1 atom stereocenters. The molecule has 1 aromatic heterocycles. The molecular weight excluding hydrogens is 571 g/mol. The molecule has 2 aliphatic rings. The van der Waals surface area contributed by atoms with Gasteiger partial charge in [0.15, 0.2) is 0 Å². The van der Waals surface area contributed by atoms with Crippen molar-refractivity contribution in [3.63, 3.8) is 0 Å². The van der Waals surface area contributed by atoms with Gasteiger partial charge in [0, 0.05) is 50.0 Å². The van der Waals surface area contributed by atoms with E-state index < -0.39 is 17.5 Å². The van der Waals surface area contributed by atoms with Gasteiger partial charge in [-0.15, -0.1) is 0 Å². The number of aryl methyl sites for hydroxylation is 1. The molecule has 1 aromatic carbocycles. The van der Waals surface area contributed by atoms with E-state index in [4.69, 9.17) is 16.3 Å². The molecule has 0 saturated carbocycles. The van der Waals surface area contributed by atoms with E-state index in [1.807, 2.05) is 52.5 Å². The summed E-state index contributed by atoms with van der Waals surface area (Å²) in [5.41, 5.74) is 2.55. The van der Waals surface area contributed by atoms with Crippen molar-refractivity contribution in [2.45, 2.75) is 59.1 Å². The van der Waals surface area contributed by atoms with Crippen molar-refractivity contribution in [2.75, 3.05) is 38.1 Å². The second kappa shape index (κ2) is 13.2. The molecule has 3 heterocycles. The first-order chi connectivity index (χ1) is 20.4. The van der Waals surface area contributed by atoms with Crippen molar-refractivity contribution in [3.05, 3.63) is 81.7 Å². The number of ether oxygens (including phenoxy) is 1. The van der Waals surface area contributed by atoms with Gasteiger partial charge >= 0.3 is 6.09 Å². The van der Waals surface area contributed by atoms with Crippen LogP contribution in [0.15, 0.2) is 64.0 Å². The second-order valence-corrected chi connectivity index (χ2v) is 12.3. The monoisotopic (exact) mass is 610 g/mol. The van der Waals surface area contributed by atoms with Crippen molar-refractivity contribution >= 4 is 35.6 Å². The average molecular weight is 611 g/mol. The van der Waals surface area contributed by atoms with Gasteiger partial charge in [-0.2, -0.15) is 0 Å². The molecule has 4 rings (SSSR count). The maximum absolute atomic E-state index is 15.0. The normalized spacial score (nSPS) is 18.0. The van der Waals surface area contributed by atoms with E-state index in [9.17, 15) is 9.59 Å². The fourth-order valence-corrected chi connectivity index (χ4v) is 5.54. The highest BCUT2D eigenvalue weighted by Crippen LogP contribution is 2.38. The van der Waals surface area contributed by atoms with Gasteiger partial charge < -0.3 is 19.9 Å². The molecule has 1 saturated heterocycles. The summed E-state index contributed by atoms with van der Waals surface area (Å²) in [5, 5.41) is 3.72. The predicted octanol–water partition coefficient (Wildman–Crippen LogP) is 5.88. The third-order valence-corrected chi connectivity index (χ3v) is 7.61. The zero-order valence-corrected chi connectivity index (χ0v) is 26.6. The van der Waals surface area contributed by atoms with Gasteiger partial charge in [0.25, 0.3) is 0 Å². The molecule has 0 aliphatic carbocycles. The number of amidine groups is 1. The number of piperazine rings is 1. The quantitative estimate of drug-likeness (QED) is 0.250. The fraction of sp³-hybridized carbons (Fsp3) is 0.438. The topological polar surface area (TPSA) is 90.4 Å². The molecule has 1 unspecified atom stereocenters. The lowest BCUT2D eigenvalue weighted by molar-refractivity contribution is -0.107. The van der Waals surface area contributed by atoms with Gasteiger partial charge in [-0.1, -0.05) is 43.6 Å². The lowest BCUT2D eigenvalue weighted by atomic mass is 9.98. The number of dihydropyridines is 1. The number of anilines is 1. The zero-order valence-electron chi connectivity index (χ0n) is 25.8. The second-order valence-electron chi connectivity index (χ2n) is 11.9. The molecular formula is C32H40ClFN6O3. The van der Waals surface area contributed by atoms with Crippen molar-refractivity contribution in [1.82, 2.24) is 20.1 Å². The summed E-state index contributed by atoms with van der Waals surface area (Å²) in [7, 11) is 1.67. The van der Waals surface area contributed by atoms with E-state index in [1.54, 1.807) is 42.4 Å². The molecule has 1 fully saturated rings. The first-order valence-electron chi connectivity index (χ1n) is 14.4. The van der Waals surface area contributed by atoms with Crippen LogP contribution in [0.4, 0.5) is 14.9 Å². The molecule has 1 N–H and O–H groups in total. The van der Waals surface area contributed by atoms with Crippen LogP contribution in [0.5, 0.6) is 0 Å². The van der Waals surface area contributed by atoms with Crippen LogP contribution in [0, 0.1) is 12.7 Å². The van der Waals surface area contributed by atoms with E-state index in [2.05, 4.69) is 15.3 Å². The van der Waals surface area contributed by atoms with Crippen molar-refractivity contribution in [2.24, 2.45) is 4.99 Å². The molecule has 0 bridgehead atoms. The Morgan fingerprint density at radius 2 is 1.84 bits per heavy atom. The fourth-order valence-electron chi connectivity index (χ4n) is 5.26. The number of hydrogen-bond donors (Lipinski definition) is 1. The minimum Gasteiger partial charge on any atom is -0.444 e. The first kappa shape index (κ1) is 32.0. The molecule has 9 nitrogen and oxygen atoms in total. The highest BCUT2D eigenvalue weighted by atomic mass is 35.5. The van der Waals surface area contributed by atoms with Crippen molar-refractivity contribution in [1.29, 1.82) is 0 Å². The smallest absolute Gasteiger partial charge is 0.410 e. The highest BCUT2D eigenvalue weighted by Gasteiger charge is 2.35. The number of benzene rings is 1. The third-order valence-electron chi connectivity index (χ3n) is 7.28.